The molecule has 0 saturated heterocycles. The lowest BCUT2D eigenvalue weighted by molar-refractivity contribution is -0.128. The number of halogens is 1. The first-order chi connectivity index (χ1) is 9.21. The van der Waals surface area contributed by atoms with Gasteiger partial charge in [0.05, 0.1) is 6.61 Å². The van der Waals surface area contributed by atoms with E-state index < -0.39 is 20.7 Å². The predicted octanol–water partition coefficient (Wildman–Crippen LogP) is 0.720. The van der Waals surface area contributed by atoms with Crippen LogP contribution in [0.3, 0.4) is 0 Å². The van der Waals surface area contributed by atoms with E-state index in [1.165, 1.54) is 11.0 Å². The summed E-state index contributed by atoms with van der Waals surface area (Å²) >= 11 is 0. The normalized spacial score (nSPS) is 11.2. The van der Waals surface area contributed by atoms with Crippen LogP contribution in [-0.4, -0.2) is 39.9 Å². The summed E-state index contributed by atoms with van der Waals surface area (Å²) in [5.41, 5.74) is 0. The van der Waals surface area contributed by atoms with E-state index in [1.807, 2.05) is 0 Å². The van der Waals surface area contributed by atoms with Crippen molar-refractivity contribution in [2.45, 2.75) is 17.7 Å². The number of amides is 1. The van der Waals surface area contributed by atoms with Crippen LogP contribution in [0.1, 0.15) is 12.8 Å². The molecule has 0 heterocycles. The SMILES string of the molecule is CN(C)C(=O)CCCOc1ccc(F)cc1S(N)(=O)=O. The number of benzene rings is 1. The second kappa shape index (κ2) is 6.67. The Morgan fingerprint density at radius 2 is 2.05 bits per heavy atom. The number of nitrogens with two attached hydrogens (primary N) is 1. The monoisotopic (exact) mass is 304 g/mol. The maximum Gasteiger partial charge on any atom is 0.241 e. The molecular formula is C12H17FN2O4S. The van der Waals surface area contributed by atoms with Crippen LogP contribution in [0.25, 0.3) is 0 Å². The number of hydrogen-bond acceptors (Lipinski definition) is 4. The molecule has 0 radical (unpaired) electrons. The van der Waals surface area contributed by atoms with Gasteiger partial charge in [-0.05, 0) is 24.6 Å². The standard InChI is InChI=1S/C12H17FN2O4S/c1-15(2)12(16)4-3-7-19-10-6-5-9(13)8-11(10)20(14,17)18/h5-6,8H,3-4,7H2,1-2H3,(H2,14,17,18). The Morgan fingerprint density at radius 1 is 1.40 bits per heavy atom. The number of carbonyl (C=O) groups is 1. The first kappa shape index (κ1) is 16.4. The third-order valence-electron chi connectivity index (χ3n) is 2.50. The highest BCUT2D eigenvalue weighted by atomic mass is 32.2. The van der Waals surface area contributed by atoms with Gasteiger partial charge in [-0.1, -0.05) is 0 Å². The summed E-state index contributed by atoms with van der Waals surface area (Å²) in [5.74, 6) is -0.797. The van der Waals surface area contributed by atoms with Gasteiger partial charge >= 0.3 is 0 Å². The second-order valence-corrected chi connectivity index (χ2v) is 5.91. The molecule has 1 aromatic rings. The van der Waals surface area contributed by atoms with Crippen molar-refractivity contribution in [2.24, 2.45) is 5.14 Å². The Balaban J connectivity index is 2.67. The molecule has 8 heteroatoms. The van der Waals surface area contributed by atoms with Gasteiger partial charge in [-0.25, -0.2) is 17.9 Å². The predicted molar refractivity (Wildman–Crippen MR) is 71.2 cm³/mol. The van der Waals surface area contributed by atoms with Crippen molar-refractivity contribution in [3.8, 4) is 5.75 Å². The summed E-state index contributed by atoms with van der Waals surface area (Å²) in [5, 5.41) is 4.98. The van der Waals surface area contributed by atoms with Gasteiger partial charge in [0.25, 0.3) is 0 Å². The van der Waals surface area contributed by atoms with E-state index in [-0.39, 0.29) is 24.7 Å². The van der Waals surface area contributed by atoms with Gasteiger partial charge in [0.2, 0.25) is 15.9 Å². The molecule has 0 atom stereocenters. The van der Waals surface area contributed by atoms with E-state index in [1.54, 1.807) is 14.1 Å². The number of hydrogen-bond donors (Lipinski definition) is 1. The van der Waals surface area contributed by atoms with Crippen molar-refractivity contribution >= 4 is 15.9 Å². The molecular weight excluding hydrogens is 287 g/mol. The summed E-state index contributed by atoms with van der Waals surface area (Å²) in [4.78, 5) is 12.4. The number of nitrogens with zero attached hydrogens (tertiary/aromatic N) is 1. The van der Waals surface area contributed by atoms with Gasteiger partial charge in [-0.2, -0.15) is 0 Å². The van der Waals surface area contributed by atoms with Gasteiger partial charge in [-0.3, -0.25) is 4.79 Å². The molecule has 0 unspecified atom stereocenters. The first-order valence-corrected chi connectivity index (χ1v) is 7.42. The van der Waals surface area contributed by atoms with Crippen LogP contribution in [0, 0.1) is 5.82 Å². The van der Waals surface area contributed by atoms with Gasteiger partial charge in [0, 0.05) is 20.5 Å². The number of rotatable bonds is 6. The number of primary sulfonamides is 1. The lowest BCUT2D eigenvalue weighted by Crippen LogP contribution is -2.22. The van der Waals surface area contributed by atoms with Crippen molar-refractivity contribution in [2.75, 3.05) is 20.7 Å². The zero-order valence-electron chi connectivity index (χ0n) is 11.3. The van der Waals surface area contributed by atoms with E-state index in [0.717, 1.165) is 12.1 Å². The molecule has 0 bridgehead atoms. The smallest absolute Gasteiger partial charge is 0.241 e. The fourth-order valence-electron chi connectivity index (χ4n) is 1.45. The fourth-order valence-corrected chi connectivity index (χ4v) is 2.14. The van der Waals surface area contributed by atoms with Gasteiger partial charge < -0.3 is 9.64 Å². The lowest BCUT2D eigenvalue weighted by Gasteiger charge is -2.12. The minimum absolute atomic E-state index is 0.0220. The summed E-state index contributed by atoms with van der Waals surface area (Å²) in [7, 11) is -0.781. The average molecular weight is 304 g/mol. The zero-order valence-corrected chi connectivity index (χ0v) is 12.1. The highest BCUT2D eigenvalue weighted by molar-refractivity contribution is 7.89. The third kappa shape index (κ3) is 4.78. The van der Waals surface area contributed by atoms with Crippen molar-refractivity contribution in [1.82, 2.24) is 4.90 Å². The van der Waals surface area contributed by atoms with Crippen molar-refractivity contribution in [3.63, 3.8) is 0 Å². The van der Waals surface area contributed by atoms with Crippen LogP contribution in [0.15, 0.2) is 23.1 Å². The minimum Gasteiger partial charge on any atom is -0.492 e. The number of ether oxygens (including phenoxy) is 1. The van der Waals surface area contributed by atoms with E-state index in [2.05, 4.69) is 0 Å². The molecule has 1 amide bonds. The maximum atomic E-state index is 13.0. The Bertz CT molecular complexity index is 587. The molecule has 0 aliphatic rings. The molecule has 1 rings (SSSR count). The summed E-state index contributed by atoms with van der Waals surface area (Å²) < 4.78 is 40.9. The Hall–Kier alpha value is -1.67. The zero-order chi connectivity index (χ0) is 15.3. The van der Waals surface area contributed by atoms with Crippen LogP contribution in [0.4, 0.5) is 4.39 Å². The lowest BCUT2D eigenvalue weighted by atomic mass is 10.3. The highest BCUT2D eigenvalue weighted by Crippen LogP contribution is 2.23. The van der Waals surface area contributed by atoms with Gasteiger partial charge in [-0.15, -0.1) is 0 Å². The molecule has 0 fully saturated rings. The van der Waals surface area contributed by atoms with Crippen LogP contribution in [0.5, 0.6) is 5.75 Å². The van der Waals surface area contributed by atoms with Crippen molar-refractivity contribution < 1.29 is 22.3 Å². The topological polar surface area (TPSA) is 89.7 Å². The minimum atomic E-state index is -4.06. The van der Waals surface area contributed by atoms with E-state index in [0.29, 0.717) is 6.42 Å². The van der Waals surface area contributed by atoms with Crippen molar-refractivity contribution in [1.29, 1.82) is 0 Å². The molecule has 0 spiro atoms. The number of sulfonamides is 1. The Kier molecular flexibility index (Phi) is 5.46. The van der Waals surface area contributed by atoms with Crippen molar-refractivity contribution in [3.05, 3.63) is 24.0 Å². The van der Waals surface area contributed by atoms with Crippen LogP contribution in [-0.2, 0) is 14.8 Å². The molecule has 1 aromatic carbocycles. The summed E-state index contributed by atoms with van der Waals surface area (Å²) in [6.45, 7) is 0.133. The van der Waals surface area contributed by atoms with Gasteiger partial charge in [0.15, 0.2) is 0 Å². The van der Waals surface area contributed by atoms with Crippen LogP contribution >= 0.6 is 0 Å². The molecule has 112 valence electrons. The van der Waals surface area contributed by atoms with Gasteiger partial charge in [0.1, 0.15) is 16.5 Å². The van der Waals surface area contributed by atoms with Crippen LogP contribution < -0.4 is 9.88 Å². The molecule has 20 heavy (non-hydrogen) atoms. The molecule has 0 aromatic heterocycles. The average Bonchev–Trinajstić information content (AvgIpc) is 2.34. The first-order valence-electron chi connectivity index (χ1n) is 5.87. The Labute approximate surface area is 117 Å². The van der Waals surface area contributed by atoms with E-state index in [4.69, 9.17) is 9.88 Å². The van der Waals surface area contributed by atoms with E-state index >= 15 is 0 Å². The fraction of sp³-hybridized carbons (Fsp3) is 0.417. The molecule has 6 nitrogen and oxygen atoms in total. The van der Waals surface area contributed by atoms with E-state index in [9.17, 15) is 17.6 Å². The molecule has 0 aliphatic heterocycles. The Morgan fingerprint density at radius 3 is 2.60 bits per heavy atom. The molecule has 2 N–H and O–H groups in total. The number of carbonyl (C=O) groups excluding carboxylic acids is 1. The molecule has 0 aliphatic carbocycles. The maximum absolute atomic E-state index is 13.0. The highest BCUT2D eigenvalue weighted by Gasteiger charge is 2.16. The molecule has 0 saturated carbocycles. The largest absolute Gasteiger partial charge is 0.492 e. The second-order valence-electron chi connectivity index (χ2n) is 4.38. The summed E-state index contributed by atoms with van der Waals surface area (Å²) in [6.07, 6.45) is 0.692. The quantitative estimate of drug-likeness (QED) is 0.784. The van der Waals surface area contributed by atoms with Crippen LogP contribution in [0.2, 0.25) is 0 Å². The summed E-state index contributed by atoms with van der Waals surface area (Å²) in [6, 6.07) is 3.08. The third-order valence-corrected chi connectivity index (χ3v) is 3.44.